The van der Waals surface area contributed by atoms with E-state index >= 15 is 0 Å². The van der Waals surface area contributed by atoms with E-state index in [4.69, 9.17) is 17.0 Å². The van der Waals surface area contributed by atoms with Crippen LogP contribution in [0, 0.1) is 0 Å². The molecule has 70 valence electrons. The Morgan fingerprint density at radius 2 is 2.50 bits per heavy atom. The molecule has 1 N–H and O–H groups in total. The highest BCUT2D eigenvalue weighted by Crippen LogP contribution is 2.11. The van der Waals surface area contributed by atoms with Gasteiger partial charge in [0.1, 0.15) is 0 Å². The lowest BCUT2D eigenvalue weighted by atomic mass is 10.3. The average Bonchev–Trinajstić information content (AvgIpc) is 2.52. The molecule has 0 bridgehead atoms. The van der Waals surface area contributed by atoms with Crippen LogP contribution in [0.15, 0.2) is 0 Å². The van der Waals surface area contributed by atoms with Crippen LogP contribution in [-0.2, 0) is 4.74 Å². The van der Waals surface area contributed by atoms with Gasteiger partial charge in [-0.3, -0.25) is 0 Å². The maximum Gasteiger partial charge on any atom is 0.169 e. The summed E-state index contributed by atoms with van der Waals surface area (Å²) in [5, 5.41) is 3.99. The van der Waals surface area contributed by atoms with Crippen molar-refractivity contribution in [2.24, 2.45) is 0 Å². The first kappa shape index (κ1) is 9.74. The van der Waals surface area contributed by atoms with Gasteiger partial charge in [-0.15, -0.1) is 0 Å². The standard InChI is InChI=1S/C8H16N2OS/c1-3-9-8(12)10-5-4-7(6-10)11-2/h7H,3-6H2,1-2H3,(H,9,12)/t7-/m0/s1. The number of rotatable bonds is 2. The highest BCUT2D eigenvalue weighted by Gasteiger charge is 2.23. The first-order valence-electron chi connectivity index (χ1n) is 4.33. The molecule has 1 heterocycles. The number of hydrogen-bond acceptors (Lipinski definition) is 2. The summed E-state index contributed by atoms with van der Waals surface area (Å²) < 4.78 is 5.24. The number of thiocarbonyl (C=S) groups is 1. The Hall–Kier alpha value is -0.350. The molecule has 0 radical (unpaired) electrons. The molecule has 12 heavy (non-hydrogen) atoms. The van der Waals surface area contributed by atoms with Crippen LogP contribution in [0.2, 0.25) is 0 Å². The lowest BCUT2D eigenvalue weighted by Gasteiger charge is -2.19. The summed E-state index contributed by atoms with van der Waals surface area (Å²) in [6.45, 7) is 4.90. The molecule has 1 atom stereocenters. The zero-order chi connectivity index (χ0) is 8.97. The fourth-order valence-corrected chi connectivity index (χ4v) is 1.68. The summed E-state index contributed by atoms with van der Waals surface area (Å²) >= 11 is 5.17. The van der Waals surface area contributed by atoms with Gasteiger partial charge in [-0.05, 0) is 25.6 Å². The Bertz CT molecular complexity index is 163. The number of likely N-dealkylation sites (tertiary alicyclic amines) is 1. The van der Waals surface area contributed by atoms with Gasteiger partial charge in [-0.2, -0.15) is 0 Å². The molecule has 1 fully saturated rings. The highest BCUT2D eigenvalue weighted by atomic mass is 32.1. The van der Waals surface area contributed by atoms with Crippen molar-refractivity contribution in [1.29, 1.82) is 0 Å². The molecule has 0 unspecified atom stereocenters. The van der Waals surface area contributed by atoms with Crippen molar-refractivity contribution >= 4 is 17.3 Å². The molecule has 1 saturated heterocycles. The molecule has 0 aromatic rings. The molecular formula is C8H16N2OS. The van der Waals surface area contributed by atoms with Crippen molar-refractivity contribution < 1.29 is 4.74 Å². The van der Waals surface area contributed by atoms with E-state index in [9.17, 15) is 0 Å². The Kier molecular flexibility index (Phi) is 3.75. The highest BCUT2D eigenvalue weighted by molar-refractivity contribution is 7.80. The summed E-state index contributed by atoms with van der Waals surface area (Å²) in [7, 11) is 1.75. The third-order valence-corrected chi connectivity index (χ3v) is 2.50. The van der Waals surface area contributed by atoms with E-state index in [-0.39, 0.29) is 0 Å². The van der Waals surface area contributed by atoms with Crippen LogP contribution < -0.4 is 5.32 Å². The summed E-state index contributed by atoms with van der Waals surface area (Å²) in [6.07, 6.45) is 1.45. The summed E-state index contributed by atoms with van der Waals surface area (Å²) in [5.74, 6) is 0. The Labute approximate surface area is 79.1 Å². The minimum atomic E-state index is 0.363. The quantitative estimate of drug-likeness (QED) is 0.641. The number of nitrogens with one attached hydrogen (secondary N) is 1. The molecule has 1 aliphatic heterocycles. The second-order valence-corrected chi connectivity index (χ2v) is 3.31. The second-order valence-electron chi connectivity index (χ2n) is 2.93. The van der Waals surface area contributed by atoms with E-state index in [1.165, 1.54) is 0 Å². The van der Waals surface area contributed by atoms with Crippen LogP contribution in [-0.4, -0.2) is 42.9 Å². The van der Waals surface area contributed by atoms with Crippen LogP contribution in [0.4, 0.5) is 0 Å². The maximum atomic E-state index is 5.24. The number of ether oxygens (including phenoxy) is 1. The van der Waals surface area contributed by atoms with E-state index in [2.05, 4.69) is 17.1 Å². The van der Waals surface area contributed by atoms with Crippen molar-refractivity contribution in [3.63, 3.8) is 0 Å². The van der Waals surface area contributed by atoms with E-state index in [0.717, 1.165) is 31.2 Å². The summed E-state index contributed by atoms with van der Waals surface area (Å²) in [6, 6.07) is 0. The smallest absolute Gasteiger partial charge is 0.169 e. The second kappa shape index (κ2) is 4.62. The van der Waals surface area contributed by atoms with Crippen LogP contribution in [0.1, 0.15) is 13.3 Å². The lowest BCUT2D eigenvalue weighted by Crippen LogP contribution is -2.38. The summed E-state index contributed by atoms with van der Waals surface area (Å²) in [5.41, 5.74) is 0. The minimum absolute atomic E-state index is 0.363. The SMILES string of the molecule is CCNC(=S)N1CC[C@H](OC)C1. The van der Waals surface area contributed by atoms with Crippen LogP contribution in [0.25, 0.3) is 0 Å². The van der Waals surface area contributed by atoms with Gasteiger partial charge in [0.2, 0.25) is 0 Å². The molecule has 1 rings (SSSR count). The van der Waals surface area contributed by atoms with E-state index in [0.29, 0.717) is 6.10 Å². The van der Waals surface area contributed by atoms with E-state index in [1.807, 2.05) is 0 Å². The average molecular weight is 188 g/mol. The van der Waals surface area contributed by atoms with Gasteiger partial charge in [0.25, 0.3) is 0 Å². The maximum absolute atomic E-state index is 5.24. The first-order valence-corrected chi connectivity index (χ1v) is 4.74. The Balaban J connectivity index is 2.31. The van der Waals surface area contributed by atoms with Crippen LogP contribution in [0.5, 0.6) is 0 Å². The Morgan fingerprint density at radius 1 is 1.75 bits per heavy atom. The third kappa shape index (κ3) is 2.32. The number of hydrogen-bond donors (Lipinski definition) is 1. The van der Waals surface area contributed by atoms with Crippen molar-refractivity contribution in [2.75, 3.05) is 26.7 Å². The molecule has 4 heteroatoms. The molecule has 1 aliphatic rings. The lowest BCUT2D eigenvalue weighted by molar-refractivity contribution is 0.114. The minimum Gasteiger partial charge on any atom is -0.380 e. The fraction of sp³-hybridized carbons (Fsp3) is 0.875. The molecule has 0 aromatic heterocycles. The van der Waals surface area contributed by atoms with Crippen LogP contribution >= 0.6 is 12.2 Å². The molecule has 0 amide bonds. The molecule has 3 nitrogen and oxygen atoms in total. The number of nitrogens with zero attached hydrogens (tertiary/aromatic N) is 1. The van der Waals surface area contributed by atoms with Crippen molar-refractivity contribution in [3.05, 3.63) is 0 Å². The van der Waals surface area contributed by atoms with Gasteiger partial charge >= 0.3 is 0 Å². The molecule has 0 saturated carbocycles. The van der Waals surface area contributed by atoms with Crippen molar-refractivity contribution in [3.8, 4) is 0 Å². The van der Waals surface area contributed by atoms with Gasteiger partial charge < -0.3 is 15.0 Å². The molecule has 0 aromatic carbocycles. The van der Waals surface area contributed by atoms with Gasteiger partial charge in [-0.1, -0.05) is 0 Å². The predicted molar refractivity (Wildman–Crippen MR) is 53.3 cm³/mol. The summed E-state index contributed by atoms with van der Waals surface area (Å²) in [4.78, 5) is 2.16. The third-order valence-electron chi connectivity index (χ3n) is 2.09. The topological polar surface area (TPSA) is 24.5 Å². The van der Waals surface area contributed by atoms with Crippen molar-refractivity contribution in [2.45, 2.75) is 19.4 Å². The van der Waals surface area contributed by atoms with Gasteiger partial charge in [0.15, 0.2) is 5.11 Å². The first-order chi connectivity index (χ1) is 5.77. The van der Waals surface area contributed by atoms with Gasteiger partial charge in [0.05, 0.1) is 6.10 Å². The van der Waals surface area contributed by atoms with E-state index < -0.39 is 0 Å². The molecular weight excluding hydrogens is 172 g/mol. The normalized spacial score (nSPS) is 22.8. The monoisotopic (exact) mass is 188 g/mol. The van der Waals surface area contributed by atoms with Gasteiger partial charge in [-0.25, -0.2) is 0 Å². The molecule has 0 aliphatic carbocycles. The fourth-order valence-electron chi connectivity index (χ4n) is 1.37. The zero-order valence-electron chi connectivity index (χ0n) is 7.67. The Morgan fingerprint density at radius 3 is 3.00 bits per heavy atom. The predicted octanol–water partition coefficient (Wildman–Crippen LogP) is 0.601. The van der Waals surface area contributed by atoms with Crippen molar-refractivity contribution in [1.82, 2.24) is 10.2 Å². The van der Waals surface area contributed by atoms with E-state index in [1.54, 1.807) is 7.11 Å². The molecule has 0 spiro atoms. The van der Waals surface area contributed by atoms with Crippen LogP contribution in [0.3, 0.4) is 0 Å². The zero-order valence-corrected chi connectivity index (χ0v) is 8.49. The number of methoxy groups -OCH3 is 1. The van der Waals surface area contributed by atoms with Gasteiger partial charge in [0, 0.05) is 26.7 Å². The largest absolute Gasteiger partial charge is 0.380 e.